The molecule has 0 atom stereocenters. The van der Waals surface area contributed by atoms with Crippen molar-refractivity contribution in [1.29, 1.82) is 0 Å². The number of nitrogens with zero attached hydrogens (tertiary/aromatic N) is 1. The molecule has 0 spiro atoms. The summed E-state index contributed by atoms with van der Waals surface area (Å²) in [4.78, 5) is 15.8. The quantitative estimate of drug-likeness (QED) is 0.649. The van der Waals surface area contributed by atoms with E-state index in [0.717, 1.165) is 5.56 Å². The van der Waals surface area contributed by atoms with Gasteiger partial charge in [0.05, 0.1) is 16.6 Å². The number of nitrogens with one attached hydrogen (secondary N) is 1. The van der Waals surface area contributed by atoms with Gasteiger partial charge in [0, 0.05) is 0 Å². The van der Waals surface area contributed by atoms with Crippen molar-refractivity contribution in [3.63, 3.8) is 0 Å². The number of aryl methyl sites for hydroxylation is 2. The maximum absolute atomic E-state index is 13.2. The first kappa shape index (κ1) is 17.1. The number of rotatable bonds is 1. The summed E-state index contributed by atoms with van der Waals surface area (Å²) in [7, 11) is 0. The van der Waals surface area contributed by atoms with Crippen LogP contribution >= 0.6 is 12.2 Å². The Morgan fingerprint density at radius 3 is 2.43 bits per heavy atom. The average molecular weight is 330 g/mol. The van der Waals surface area contributed by atoms with Gasteiger partial charge in [0.2, 0.25) is 0 Å². The molecule has 0 fully saturated rings. The molecule has 2 aromatic carbocycles. The number of aromatic nitrogens is 2. The smallest absolute Gasteiger partial charge is 0.266 e. The van der Waals surface area contributed by atoms with Crippen LogP contribution in [-0.2, 0) is 0 Å². The van der Waals surface area contributed by atoms with E-state index < -0.39 is 0 Å². The molecule has 23 heavy (non-hydrogen) atoms. The second-order valence-electron chi connectivity index (χ2n) is 5.05. The molecule has 0 aliphatic carbocycles. The largest absolute Gasteiger partial charge is 0.331 e. The Hall–Kier alpha value is -2.27. The van der Waals surface area contributed by atoms with Crippen LogP contribution in [0.5, 0.6) is 0 Å². The van der Waals surface area contributed by atoms with Gasteiger partial charge in [0.25, 0.3) is 5.56 Å². The van der Waals surface area contributed by atoms with Gasteiger partial charge in [-0.25, -0.2) is 4.39 Å². The predicted molar refractivity (Wildman–Crippen MR) is 95.5 cm³/mol. The fourth-order valence-corrected chi connectivity index (χ4v) is 2.71. The lowest BCUT2D eigenvalue weighted by Gasteiger charge is -2.11. The molecule has 0 radical (unpaired) electrons. The summed E-state index contributed by atoms with van der Waals surface area (Å²) >= 11 is 5.29. The van der Waals surface area contributed by atoms with Crippen LogP contribution in [0.3, 0.4) is 0 Å². The molecular formula is C18H19FN2OS. The lowest BCUT2D eigenvalue weighted by Crippen LogP contribution is -2.21. The van der Waals surface area contributed by atoms with Gasteiger partial charge in [-0.05, 0) is 62.0 Å². The Morgan fingerprint density at radius 2 is 1.78 bits per heavy atom. The zero-order chi connectivity index (χ0) is 17.1. The second kappa shape index (κ2) is 6.87. The molecule has 3 rings (SSSR count). The van der Waals surface area contributed by atoms with Gasteiger partial charge in [0.1, 0.15) is 5.82 Å². The van der Waals surface area contributed by atoms with Crippen molar-refractivity contribution in [1.82, 2.24) is 9.55 Å². The monoisotopic (exact) mass is 330 g/mol. The molecule has 0 unspecified atom stereocenters. The average Bonchev–Trinajstić information content (AvgIpc) is 2.52. The molecule has 0 bridgehead atoms. The van der Waals surface area contributed by atoms with Crippen LogP contribution in [0.25, 0.3) is 16.6 Å². The van der Waals surface area contributed by atoms with Crippen LogP contribution in [0.4, 0.5) is 4.39 Å². The van der Waals surface area contributed by atoms with Gasteiger partial charge in [-0.2, -0.15) is 0 Å². The van der Waals surface area contributed by atoms with Gasteiger partial charge in [0.15, 0.2) is 4.77 Å². The van der Waals surface area contributed by atoms with Crippen LogP contribution in [0.1, 0.15) is 25.0 Å². The third-order valence-electron chi connectivity index (χ3n) is 3.45. The number of fused-ring (bicyclic) bond motifs is 1. The van der Waals surface area contributed by atoms with Crippen molar-refractivity contribution in [3.05, 3.63) is 68.5 Å². The van der Waals surface area contributed by atoms with Crippen molar-refractivity contribution in [2.45, 2.75) is 27.7 Å². The second-order valence-corrected chi connectivity index (χ2v) is 5.44. The number of hydrogen-bond acceptors (Lipinski definition) is 2. The van der Waals surface area contributed by atoms with Gasteiger partial charge in [-0.15, -0.1) is 0 Å². The minimum absolute atomic E-state index is 0.202. The van der Waals surface area contributed by atoms with Crippen LogP contribution in [0.15, 0.2) is 41.2 Å². The molecule has 1 N–H and O–H groups in total. The van der Waals surface area contributed by atoms with E-state index in [1.807, 2.05) is 39.0 Å². The van der Waals surface area contributed by atoms with Crippen molar-refractivity contribution >= 4 is 23.1 Å². The maximum atomic E-state index is 13.2. The summed E-state index contributed by atoms with van der Waals surface area (Å²) in [6.07, 6.45) is 0. The highest BCUT2D eigenvalue weighted by Gasteiger charge is 2.10. The normalized spacial score (nSPS) is 10.3. The summed E-state index contributed by atoms with van der Waals surface area (Å²) in [5, 5.41) is 0.562. The van der Waals surface area contributed by atoms with E-state index in [1.165, 1.54) is 16.7 Å². The van der Waals surface area contributed by atoms with E-state index in [-0.39, 0.29) is 11.4 Å². The number of halogens is 1. The van der Waals surface area contributed by atoms with Crippen LogP contribution in [0, 0.1) is 24.4 Å². The number of aromatic amines is 1. The molecule has 0 saturated carbocycles. The standard InChI is InChI=1S/C16H13FN2OS.C2H6/c1-9-3-5-13-12(7-9)15(20)19(16(21)18-13)14-6-4-11(17)8-10(14)2;1-2/h3-8H,1-2H3,(H,18,21);1-2H3. The summed E-state index contributed by atoms with van der Waals surface area (Å²) in [5.41, 5.74) is 2.74. The van der Waals surface area contributed by atoms with E-state index in [4.69, 9.17) is 12.2 Å². The lowest BCUT2D eigenvalue weighted by molar-refractivity contribution is 0.626. The molecule has 0 amide bonds. The Bertz CT molecular complexity index is 973. The highest BCUT2D eigenvalue weighted by molar-refractivity contribution is 7.71. The van der Waals surface area contributed by atoms with Crippen molar-refractivity contribution < 1.29 is 4.39 Å². The van der Waals surface area contributed by atoms with Crippen LogP contribution < -0.4 is 5.56 Å². The minimum atomic E-state index is -0.337. The van der Waals surface area contributed by atoms with E-state index in [9.17, 15) is 9.18 Å². The third-order valence-corrected chi connectivity index (χ3v) is 3.74. The van der Waals surface area contributed by atoms with E-state index in [2.05, 4.69) is 4.98 Å². The zero-order valence-corrected chi connectivity index (χ0v) is 14.4. The molecule has 1 aromatic heterocycles. The van der Waals surface area contributed by atoms with Crippen LogP contribution in [0.2, 0.25) is 0 Å². The summed E-state index contributed by atoms with van der Waals surface area (Å²) in [5.74, 6) is -0.337. The topological polar surface area (TPSA) is 37.8 Å². The SMILES string of the molecule is CC.Cc1ccc2[nH]c(=S)n(-c3ccc(F)cc3C)c(=O)c2c1. The maximum Gasteiger partial charge on any atom is 0.266 e. The predicted octanol–water partition coefficient (Wildman–Crippen LogP) is 4.83. The fraction of sp³-hybridized carbons (Fsp3) is 0.222. The molecule has 120 valence electrons. The number of benzene rings is 2. The molecule has 3 nitrogen and oxygen atoms in total. The Morgan fingerprint density at radius 1 is 1.09 bits per heavy atom. The zero-order valence-electron chi connectivity index (χ0n) is 13.6. The molecular weight excluding hydrogens is 311 g/mol. The number of H-pyrrole nitrogens is 1. The van der Waals surface area contributed by atoms with Gasteiger partial charge in [-0.1, -0.05) is 25.5 Å². The molecule has 0 saturated heterocycles. The fourth-order valence-electron chi connectivity index (χ4n) is 2.42. The van der Waals surface area contributed by atoms with E-state index in [1.54, 1.807) is 13.0 Å². The third kappa shape index (κ3) is 3.24. The van der Waals surface area contributed by atoms with Gasteiger partial charge >= 0.3 is 0 Å². The molecule has 0 aliphatic rings. The molecule has 1 heterocycles. The van der Waals surface area contributed by atoms with Gasteiger partial charge < -0.3 is 4.98 Å². The summed E-state index contributed by atoms with van der Waals surface area (Å²) in [6, 6.07) is 9.85. The first-order chi connectivity index (χ1) is 11.0. The lowest BCUT2D eigenvalue weighted by atomic mass is 10.1. The molecule has 3 aromatic rings. The van der Waals surface area contributed by atoms with E-state index >= 15 is 0 Å². The van der Waals surface area contributed by atoms with Crippen molar-refractivity contribution in [3.8, 4) is 5.69 Å². The minimum Gasteiger partial charge on any atom is -0.331 e. The van der Waals surface area contributed by atoms with Crippen LogP contribution in [-0.4, -0.2) is 9.55 Å². The molecule has 0 aliphatic heterocycles. The highest BCUT2D eigenvalue weighted by atomic mass is 32.1. The Balaban J connectivity index is 0.000000924. The van der Waals surface area contributed by atoms with Crippen molar-refractivity contribution in [2.24, 2.45) is 0 Å². The Kier molecular flexibility index (Phi) is 5.11. The van der Waals surface area contributed by atoms with Crippen molar-refractivity contribution in [2.75, 3.05) is 0 Å². The molecule has 5 heteroatoms. The summed E-state index contributed by atoms with van der Waals surface area (Å²) < 4.78 is 15.0. The number of hydrogen-bond donors (Lipinski definition) is 1. The first-order valence-corrected chi connectivity index (χ1v) is 7.90. The van der Waals surface area contributed by atoms with E-state index in [0.29, 0.717) is 26.9 Å². The Labute approximate surface area is 139 Å². The first-order valence-electron chi connectivity index (χ1n) is 7.49. The highest BCUT2D eigenvalue weighted by Crippen LogP contribution is 2.16. The summed E-state index contributed by atoms with van der Waals surface area (Å²) in [6.45, 7) is 7.67. The van der Waals surface area contributed by atoms with Gasteiger partial charge in [-0.3, -0.25) is 9.36 Å².